The maximum atomic E-state index is 13.1. The number of ether oxygens (including phenoxy) is 2. The number of nitrogens with two attached hydrogens (primary N) is 1. The van der Waals surface area contributed by atoms with Crippen LogP contribution in [-0.2, 0) is 29.1 Å². The Morgan fingerprint density at radius 3 is 2.23 bits per heavy atom. The van der Waals surface area contributed by atoms with Crippen LogP contribution in [0.4, 0.5) is 11.4 Å². The Labute approximate surface area is 203 Å². The Morgan fingerprint density at radius 2 is 1.71 bits per heavy atom. The summed E-state index contributed by atoms with van der Waals surface area (Å²) in [4.78, 5) is 27.4. The van der Waals surface area contributed by atoms with E-state index in [1.54, 1.807) is 37.3 Å². The van der Waals surface area contributed by atoms with Gasteiger partial charge in [0.25, 0.3) is 0 Å². The van der Waals surface area contributed by atoms with Gasteiger partial charge < -0.3 is 15.2 Å². The van der Waals surface area contributed by atoms with E-state index in [0.29, 0.717) is 16.8 Å². The lowest BCUT2D eigenvalue weighted by Gasteiger charge is -2.36. The minimum absolute atomic E-state index is 0.0296. The molecule has 1 unspecified atom stereocenters. The first-order valence-electron chi connectivity index (χ1n) is 10.3. The van der Waals surface area contributed by atoms with Crippen LogP contribution in [0, 0.1) is 18.3 Å². The lowest BCUT2D eigenvalue weighted by Crippen LogP contribution is -2.41. The Kier molecular flexibility index (Phi) is 7.17. The molecule has 2 aromatic rings. The van der Waals surface area contributed by atoms with Crippen LogP contribution >= 0.6 is 0 Å². The molecule has 0 amide bonds. The van der Waals surface area contributed by atoms with Crippen LogP contribution in [-0.4, -0.2) is 40.8 Å². The lowest BCUT2D eigenvalue weighted by molar-refractivity contribution is -0.139. The van der Waals surface area contributed by atoms with Crippen molar-refractivity contribution in [3.63, 3.8) is 0 Å². The molecule has 0 saturated heterocycles. The standard InChI is InChI=1S/C24H24N4O6S/c1-14-12-16(27-35(4,31)32)10-11-18(14)28-21(24(30)34-3)20(23(29)33-2)19(17(13-25)22(28)26)15-8-6-5-7-9-15/h5-12,19,27H,26H2,1-4H3. The van der Waals surface area contributed by atoms with Crippen molar-refractivity contribution in [3.8, 4) is 6.07 Å². The van der Waals surface area contributed by atoms with Crippen LogP contribution in [0.1, 0.15) is 17.0 Å². The van der Waals surface area contributed by atoms with Crippen LogP contribution in [0.2, 0.25) is 0 Å². The van der Waals surface area contributed by atoms with Gasteiger partial charge in [0.1, 0.15) is 11.5 Å². The second kappa shape index (κ2) is 9.90. The zero-order valence-electron chi connectivity index (χ0n) is 19.5. The molecule has 3 N–H and O–H groups in total. The minimum Gasteiger partial charge on any atom is -0.466 e. The summed E-state index contributed by atoms with van der Waals surface area (Å²) >= 11 is 0. The summed E-state index contributed by atoms with van der Waals surface area (Å²) in [6.07, 6.45) is 1.02. The van der Waals surface area contributed by atoms with E-state index in [1.807, 2.05) is 0 Å². The zero-order chi connectivity index (χ0) is 25.9. The van der Waals surface area contributed by atoms with Crippen LogP contribution in [0.5, 0.6) is 0 Å². The third-order valence-corrected chi connectivity index (χ3v) is 5.96. The van der Waals surface area contributed by atoms with Gasteiger partial charge in [-0.1, -0.05) is 30.3 Å². The molecule has 0 radical (unpaired) electrons. The quantitative estimate of drug-likeness (QED) is 0.574. The van der Waals surface area contributed by atoms with Gasteiger partial charge in [-0.05, 0) is 36.2 Å². The predicted molar refractivity (Wildman–Crippen MR) is 129 cm³/mol. The van der Waals surface area contributed by atoms with E-state index in [4.69, 9.17) is 15.2 Å². The van der Waals surface area contributed by atoms with Gasteiger partial charge in [0.15, 0.2) is 0 Å². The number of methoxy groups -OCH3 is 2. The van der Waals surface area contributed by atoms with Gasteiger partial charge >= 0.3 is 11.9 Å². The number of nitrogens with one attached hydrogen (secondary N) is 1. The summed E-state index contributed by atoms with van der Waals surface area (Å²) in [5.74, 6) is -2.77. The highest BCUT2D eigenvalue weighted by Gasteiger charge is 2.43. The molecule has 0 spiro atoms. The average molecular weight is 497 g/mol. The summed E-state index contributed by atoms with van der Waals surface area (Å²) in [5, 5.41) is 10.1. The normalized spacial score (nSPS) is 16.0. The fourth-order valence-electron chi connectivity index (χ4n) is 3.95. The van der Waals surface area contributed by atoms with Crippen molar-refractivity contribution in [2.24, 2.45) is 5.73 Å². The van der Waals surface area contributed by atoms with Gasteiger partial charge in [0.2, 0.25) is 10.0 Å². The number of nitriles is 1. The molecule has 2 aromatic carbocycles. The number of hydrogen-bond acceptors (Lipinski definition) is 9. The predicted octanol–water partition coefficient (Wildman–Crippen LogP) is 2.26. The van der Waals surface area contributed by atoms with E-state index >= 15 is 0 Å². The van der Waals surface area contributed by atoms with Gasteiger partial charge in [-0.15, -0.1) is 0 Å². The third kappa shape index (κ3) is 4.97. The number of esters is 2. The molecule has 0 bridgehead atoms. The maximum absolute atomic E-state index is 13.1. The average Bonchev–Trinajstić information content (AvgIpc) is 2.82. The molecule has 3 rings (SSSR count). The second-order valence-corrected chi connectivity index (χ2v) is 9.46. The first kappa shape index (κ1) is 25.3. The van der Waals surface area contributed by atoms with E-state index in [1.165, 1.54) is 30.2 Å². The molecule has 182 valence electrons. The van der Waals surface area contributed by atoms with Gasteiger partial charge in [-0.25, -0.2) is 18.0 Å². The summed E-state index contributed by atoms with van der Waals surface area (Å²) < 4.78 is 35.6. The Balaban J connectivity index is 2.36. The molecule has 35 heavy (non-hydrogen) atoms. The topological polar surface area (TPSA) is 152 Å². The number of hydrogen-bond donors (Lipinski definition) is 2. The van der Waals surface area contributed by atoms with Crippen molar-refractivity contribution >= 4 is 33.3 Å². The molecule has 0 aliphatic carbocycles. The van der Waals surface area contributed by atoms with Gasteiger partial charge in [-0.3, -0.25) is 9.62 Å². The Hall–Kier alpha value is -4.30. The number of anilines is 2. The van der Waals surface area contributed by atoms with Crippen LogP contribution < -0.4 is 15.4 Å². The van der Waals surface area contributed by atoms with Crippen LogP contribution in [0.25, 0.3) is 0 Å². The molecule has 1 aliphatic rings. The Morgan fingerprint density at radius 1 is 1.09 bits per heavy atom. The second-order valence-electron chi connectivity index (χ2n) is 7.71. The molecule has 1 atom stereocenters. The molecule has 10 nitrogen and oxygen atoms in total. The van der Waals surface area contributed by atoms with E-state index in [-0.39, 0.29) is 28.4 Å². The van der Waals surface area contributed by atoms with E-state index < -0.39 is 27.9 Å². The minimum atomic E-state index is -3.53. The van der Waals surface area contributed by atoms with Gasteiger partial charge in [0, 0.05) is 5.69 Å². The lowest BCUT2D eigenvalue weighted by atomic mass is 9.80. The number of sulfonamides is 1. The highest BCUT2D eigenvalue weighted by Crippen LogP contribution is 2.44. The van der Waals surface area contributed by atoms with Crippen LogP contribution in [0.15, 0.2) is 71.2 Å². The molecule has 11 heteroatoms. The number of allylic oxidation sites excluding steroid dienone is 1. The molecule has 0 aromatic heterocycles. The largest absolute Gasteiger partial charge is 0.466 e. The van der Waals surface area contributed by atoms with E-state index in [2.05, 4.69) is 10.8 Å². The first-order chi connectivity index (χ1) is 16.5. The van der Waals surface area contributed by atoms with Crippen LogP contribution in [0.3, 0.4) is 0 Å². The number of aryl methyl sites for hydroxylation is 1. The number of carbonyl (C=O) groups is 2. The summed E-state index contributed by atoms with van der Waals surface area (Å²) in [6.45, 7) is 1.66. The fourth-order valence-corrected chi connectivity index (χ4v) is 4.50. The number of benzene rings is 2. The molecule has 0 saturated carbocycles. The highest BCUT2D eigenvalue weighted by atomic mass is 32.2. The molecule has 1 aliphatic heterocycles. The van der Waals surface area contributed by atoms with Crippen molar-refractivity contribution < 1.29 is 27.5 Å². The number of rotatable bonds is 6. The third-order valence-electron chi connectivity index (χ3n) is 5.35. The molecule has 0 fully saturated rings. The summed E-state index contributed by atoms with van der Waals surface area (Å²) in [5.41, 5.74) is 7.84. The summed E-state index contributed by atoms with van der Waals surface area (Å²) in [6, 6.07) is 15.3. The smallest absolute Gasteiger partial charge is 0.355 e. The van der Waals surface area contributed by atoms with E-state index in [9.17, 15) is 23.3 Å². The molecule has 1 heterocycles. The van der Waals surface area contributed by atoms with Gasteiger partial charge in [-0.2, -0.15) is 5.26 Å². The number of carbonyl (C=O) groups excluding carboxylic acids is 2. The van der Waals surface area contributed by atoms with Crippen molar-refractivity contribution in [1.29, 1.82) is 5.26 Å². The van der Waals surface area contributed by atoms with Gasteiger partial charge in [0.05, 0.1) is 49.3 Å². The van der Waals surface area contributed by atoms with E-state index in [0.717, 1.165) is 13.4 Å². The molecular formula is C24H24N4O6S. The maximum Gasteiger partial charge on any atom is 0.355 e. The van der Waals surface area contributed by atoms with Crippen molar-refractivity contribution in [1.82, 2.24) is 0 Å². The molecular weight excluding hydrogens is 472 g/mol. The van der Waals surface area contributed by atoms with Crippen molar-refractivity contribution in [2.45, 2.75) is 12.8 Å². The monoisotopic (exact) mass is 496 g/mol. The van der Waals surface area contributed by atoms with Crippen molar-refractivity contribution in [3.05, 3.63) is 82.3 Å². The first-order valence-corrected chi connectivity index (χ1v) is 12.2. The zero-order valence-corrected chi connectivity index (χ0v) is 20.3. The highest BCUT2D eigenvalue weighted by molar-refractivity contribution is 7.92. The summed E-state index contributed by atoms with van der Waals surface area (Å²) in [7, 11) is -1.20. The van der Waals surface area contributed by atoms with Crippen molar-refractivity contribution in [2.75, 3.05) is 30.1 Å². The fraction of sp³-hybridized carbons (Fsp3) is 0.208. The Bertz CT molecular complexity index is 1390. The SMILES string of the molecule is COC(=O)C1=C(C(=O)OC)N(c2ccc(NS(C)(=O)=O)cc2C)C(N)=C(C#N)C1c1ccccc1. The number of nitrogens with zero attached hydrogens (tertiary/aromatic N) is 2.